The molecule has 8 heteroatoms. The van der Waals surface area contributed by atoms with Crippen LogP contribution in [-0.2, 0) is 6.54 Å². The van der Waals surface area contributed by atoms with Crippen molar-refractivity contribution in [2.24, 2.45) is 0 Å². The molecule has 0 aliphatic carbocycles. The smallest absolute Gasteiger partial charge is 0.159 e. The van der Waals surface area contributed by atoms with Crippen LogP contribution in [0, 0.1) is 6.92 Å². The first-order valence-corrected chi connectivity index (χ1v) is 10.7. The van der Waals surface area contributed by atoms with Gasteiger partial charge in [-0.1, -0.05) is 23.8 Å². The highest BCUT2D eigenvalue weighted by molar-refractivity contribution is 9.10. The average molecular weight is 475 g/mol. The van der Waals surface area contributed by atoms with Crippen molar-refractivity contribution >= 4 is 38.3 Å². The number of nitrogens with one attached hydrogen (secondary N) is 1. The Morgan fingerprint density at radius 3 is 2.60 bits per heavy atom. The van der Waals surface area contributed by atoms with Crippen molar-refractivity contribution in [2.45, 2.75) is 32.0 Å². The average Bonchev–Trinajstić information content (AvgIpc) is 2.75. The minimum Gasteiger partial charge on any atom is -0.507 e. The molecule has 1 aromatic heterocycles. The van der Waals surface area contributed by atoms with Gasteiger partial charge in [-0.25, -0.2) is 4.39 Å². The second-order valence-electron chi connectivity index (χ2n) is 7.86. The van der Waals surface area contributed by atoms with Crippen molar-refractivity contribution in [2.75, 3.05) is 29.9 Å². The van der Waals surface area contributed by atoms with Crippen LogP contribution in [0.5, 0.6) is 5.75 Å². The number of fused-ring (bicyclic) bond motifs is 1. The number of nitrogens with zero attached hydrogens (tertiary/aromatic N) is 3. The summed E-state index contributed by atoms with van der Waals surface area (Å²) in [6, 6.07) is 11.5. The largest absolute Gasteiger partial charge is 0.507 e. The zero-order valence-corrected chi connectivity index (χ0v) is 18.3. The number of piperidine rings is 1. The molecule has 1 aliphatic rings. The minimum atomic E-state index is -1.50. The van der Waals surface area contributed by atoms with E-state index >= 15 is 0 Å². The van der Waals surface area contributed by atoms with E-state index in [2.05, 4.69) is 37.5 Å². The van der Waals surface area contributed by atoms with Gasteiger partial charge in [-0.2, -0.15) is 0 Å². The number of phenolic OH excluding ortho intramolecular Hbond substituents is 1. The van der Waals surface area contributed by atoms with Crippen LogP contribution in [0.2, 0.25) is 0 Å². The van der Waals surface area contributed by atoms with Crippen LogP contribution in [0.3, 0.4) is 0 Å². The third-order valence-electron chi connectivity index (χ3n) is 5.63. The first-order valence-electron chi connectivity index (χ1n) is 9.91. The second-order valence-corrected chi connectivity index (χ2v) is 8.71. The van der Waals surface area contributed by atoms with E-state index in [4.69, 9.17) is 0 Å². The fraction of sp³-hybridized carbons (Fsp3) is 0.364. The SMILES string of the molecule is Cc1ccc2c(N3CCC(F)(CO)CC3)nnc(NCc3ccc(O)c(Br)c3)c2c1. The monoisotopic (exact) mass is 474 g/mol. The lowest BCUT2D eigenvalue weighted by Gasteiger charge is -2.36. The molecule has 0 spiro atoms. The van der Waals surface area contributed by atoms with Crippen LogP contribution in [-0.4, -0.2) is 45.8 Å². The molecule has 0 atom stereocenters. The van der Waals surface area contributed by atoms with Crippen molar-refractivity contribution in [3.8, 4) is 5.75 Å². The third-order valence-corrected chi connectivity index (χ3v) is 6.27. The van der Waals surface area contributed by atoms with Crippen LogP contribution in [0.25, 0.3) is 10.8 Å². The van der Waals surface area contributed by atoms with Gasteiger partial charge in [-0.3, -0.25) is 0 Å². The van der Waals surface area contributed by atoms with E-state index in [0.29, 0.717) is 29.9 Å². The van der Waals surface area contributed by atoms with E-state index in [1.54, 1.807) is 6.07 Å². The lowest BCUT2D eigenvalue weighted by molar-refractivity contribution is 0.0480. The molecule has 0 saturated carbocycles. The Hall–Kier alpha value is -2.45. The highest BCUT2D eigenvalue weighted by Gasteiger charge is 2.34. The normalized spacial score (nSPS) is 16.1. The quantitative estimate of drug-likeness (QED) is 0.510. The van der Waals surface area contributed by atoms with Gasteiger partial charge in [0.15, 0.2) is 11.6 Å². The molecule has 3 N–H and O–H groups in total. The van der Waals surface area contributed by atoms with Crippen molar-refractivity contribution in [3.05, 3.63) is 52.0 Å². The number of halogens is 2. The zero-order chi connectivity index (χ0) is 21.3. The predicted octanol–water partition coefficient (Wildman–Crippen LogP) is 4.32. The summed E-state index contributed by atoms with van der Waals surface area (Å²) < 4.78 is 15.0. The molecular weight excluding hydrogens is 451 g/mol. The number of rotatable bonds is 5. The molecule has 4 rings (SSSR count). The minimum absolute atomic E-state index is 0.198. The number of aliphatic hydroxyl groups excluding tert-OH is 1. The van der Waals surface area contributed by atoms with Crippen LogP contribution >= 0.6 is 15.9 Å². The Bertz CT molecular complexity index is 1070. The van der Waals surface area contributed by atoms with Crippen LogP contribution in [0.4, 0.5) is 16.0 Å². The number of anilines is 2. The summed E-state index contributed by atoms with van der Waals surface area (Å²) in [5.41, 5.74) is 0.597. The maximum Gasteiger partial charge on any atom is 0.159 e. The maximum absolute atomic E-state index is 14.4. The Morgan fingerprint density at radius 2 is 1.90 bits per heavy atom. The Balaban J connectivity index is 1.62. The molecule has 1 aliphatic heterocycles. The molecule has 1 saturated heterocycles. The van der Waals surface area contributed by atoms with Crippen molar-refractivity contribution < 1.29 is 14.6 Å². The van der Waals surface area contributed by atoms with Gasteiger partial charge in [0.2, 0.25) is 0 Å². The van der Waals surface area contributed by atoms with Gasteiger partial charge < -0.3 is 20.4 Å². The molecule has 2 heterocycles. The summed E-state index contributed by atoms with van der Waals surface area (Å²) >= 11 is 3.33. The fourth-order valence-electron chi connectivity index (χ4n) is 3.74. The molecule has 6 nitrogen and oxygen atoms in total. The number of benzene rings is 2. The van der Waals surface area contributed by atoms with Crippen LogP contribution in [0.1, 0.15) is 24.0 Å². The zero-order valence-electron chi connectivity index (χ0n) is 16.7. The first kappa shape index (κ1) is 20.8. The maximum atomic E-state index is 14.4. The summed E-state index contributed by atoms with van der Waals surface area (Å²) in [5, 5.41) is 33.1. The highest BCUT2D eigenvalue weighted by atomic mass is 79.9. The number of hydrogen-bond acceptors (Lipinski definition) is 6. The fourth-order valence-corrected chi connectivity index (χ4v) is 4.17. The van der Waals surface area contributed by atoms with Gasteiger partial charge in [0.1, 0.15) is 11.4 Å². The van der Waals surface area contributed by atoms with Crippen molar-refractivity contribution in [3.63, 3.8) is 0 Å². The number of aromatic nitrogens is 2. The van der Waals surface area contributed by atoms with E-state index in [9.17, 15) is 14.6 Å². The van der Waals surface area contributed by atoms with Gasteiger partial charge in [0, 0.05) is 43.2 Å². The number of aromatic hydroxyl groups is 1. The molecule has 1 fully saturated rings. The van der Waals surface area contributed by atoms with E-state index < -0.39 is 12.3 Å². The number of phenols is 1. The molecule has 0 amide bonds. The summed E-state index contributed by atoms with van der Waals surface area (Å²) in [5.74, 6) is 1.61. The second kappa shape index (κ2) is 8.35. The van der Waals surface area contributed by atoms with E-state index in [-0.39, 0.29) is 18.6 Å². The molecule has 158 valence electrons. The van der Waals surface area contributed by atoms with E-state index in [1.807, 2.05) is 36.1 Å². The van der Waals surface area contributed by atoms with Gasteiger partial charge in [-0.15, -0.1) is 10.2 Å². The summed E-state index contributed by atoms with van der Waals surface area (Å²) in [4.78, 5) is 2.04. The molecular formula is C22H24BrFN4O2. The molecule has 0 bridgehead atoms. The molecule has 0 radical (unpaired) electrons. The summed E-state index contributed by atoms with van der Waals surface area (Å²) in [7, 11) is 0. The van der Waals surface area contributed by atoms with Crippen LogP contribution in [0.15, 0.2) is 40.9 Å². The van der Waals surface area contributed by atoms with E-state index in [1.165, 1.54) is 0 Å². The van der Waals surface area contributed by atoms with Crippen molar-refractivity contribution in [1.82, 2.24) is 10.2 Å². The van der Waals surface area contributed by atoms with Crippen molar-refractivity contribution in [1.29, 1.82) is 0 Å². The lowest BCUT2D eigenvalue weighted by Crippen LogP contribution is -2.44. The number of aliphatic hydroxyl groups is 1. The van der Waals surface area contributed by atoms with E-state index in [0.717, 1.165) is 27.7 Å². The van der Waals surface area contributed by atoms with Gasteiger partial charge in [-0.05, 0) is 46.6 Å². The van der Waals surface area contributed by atoms with Gasteiger partial charge in [0.25, 0.3) is 0 Å². The summed E-state index contributed by atoms with van der Waals surface area (Å²) in [6.07, 6.45) is 0.544. The third kappa shape index (κ3) is 4.20. The Morgan fingerprint density at radius 1 is 1.13 bits per heavy atom. The molecule has 2 aromatic carbocycles. The molecule has 30 heavy (non-hydrogen) atoms. The summed E-state index contributed by atoms with van der Waals surface area (Å²) in [6.45, 7) is 3.09. The Labute approximate surface area is 182 Å². The number of alkyl halides is 1. The topological polar surface area (TPSA) is 81.5 Å². The first-order chi connectivity index (χ1) is 14.4. The number of hydrogen-bond donors (Lipinski definition) is 3. The lowest BCUT2D eigenvalue weighted by atomic mass is 9.94. The standard InChI is InChI=1S/C22H24BrFN4O2/c1-14-2-4-16-17(10-14)20(25-12-15-3-5-19(30)18(23)11-15)26-27-21(16)28-8-6-22(24,13-29)7-9-28/h2-5,10-11,29-30H,6-9,12-13H2,1H3,(H,25,26). The molecule has 0 unspecified atom stereocenters. The highest BCUT2D eigenvalue weighted by Crippen LogP contribution is 2.34. The predicted molar refractivity (Wildman–Crippen MR) is 120 cm³/mol. The Kier molecular flexibility index (Phi) is 5.79. The van der Waals surface area contributed by atoms with Gasteiger partial charge in [0.05, 0.1) is 11.1 Å². The molecule has 3 aromatic rings. The van der Waals surface area contributed by atoms with Gasteiger partial charge >= 0.3 is 0 Å². The number of aryl methyl sites for hydroxylation is 1. The van der Waals surface area contributed by atoms with Crippen LogP contribution < -0.4 is 10.2 Å².